The summed E-state index contributed by atoms with van der Waals surface area (Å²) in [6.07, 6.45) is 5.47. The number of nitrogens with one attached hydrogen (secondary N) is 1. The molecule has 0 saturated carbocycles. The maximum absolute atomic E-state index is 11.9. The van der Waals surface area contributed by atoms with E-state index in [-0.39, 0.29) is 11.8 Å². The SMILES string of the molecule is C/C=C/F.C=CC(C)c1c(-c2cccc(C)n2)nn2cc(C(=O)NC)ccc12.CC.CN(C)C. The van der Waals surface area contributed by atoms with E-state index < -0.39 is 0 Å². The zero-order chi connectivity index (χ0) is 26.3. The van der Waals surface area contributed by atoms with Crippen LogP contribution in [0, 0.1) is 6.92 Å². The second-order valence-electron chi connectivity index (χ2n) is 7.58. The standard InChI is InChI=1S/C19H20N4O.C3H5F.C3H9N.C2H6/c1-5-12(2)17-16-10-9-14(19(24)20-4)11-23(16)22-18(17)15-8-6-7-13(3)21-15;1-2-3-4;1-4(2)3;1-2/h5-12H,1H2,2-4H3,(H,20,24);2-3H,1H3;1-3H3;1-2H3/b;3-2+;;. The van der Waals surface area contributed by atoms with Crippen LogP contribution in [0.4, 0.5) is 4.39 Å². The van der Waals surface area contributed by atoms with E-state index in [4.69, 9.17) is 5.10 Å². The van der Waals surface area contributed by atoms with Crippen molar-refractivity contribution in [2.75, 3.05) is 28.2 Å². The summed E-state index contributed by atoms with van der Waals surface area (Å²) in [6, 6.07) is 9.61. The lowest BCUT2D eigenvalue weighted by Gasteiger charge is -2.08. The first-order valence-corrected chi connectivity index (χ1v) is 11.3. The van der Waals surface area contributed by atoms with Gasteiger partial charge in [-0.3, -0.25) is 9.78 Å². The molecule has 0 radical (unpaired) electrons. The molecule has 1 N–H and O–H groups in total. The lowest BCUT2D eigenvalue weighted by atomic mass is 9.97. The topological polar surface area (TPSA) is 62.5 Å². The van der Waals surface area contributed by atoms with Gasteiger partial charge in [-0.2, -0.15) is 5.10 Å². The van der Waals surface area contributed by atoms with E-state index in [1.54, 1.807) is 24.7 Å². The van der Waals surface area contributed by atoms with Crippen LogP contribution in [0.15, 0.2) is 61.6 Å². The lowest BCUT2D eigenvalue weighted by Crippen LogP contribution is -2.18. The van der Waals surface area contributed by atoms with Crippen molar-refractivity contribution in [3.8, 4) is 11.4 Å². The summed E-state index contributed by atoms with van der Waals surface area (Å²) < 4.78 is 12.3. The molecule has 6 nitrogen and oxygen atoms in total. The van der Waals surface area contributed by atoms with Crippen LogP contribution >= 0.6 is 0 Å². The first-order valence-electron chi connectivity index (χ1n) is 11.3. The maximum atomic E-state index is 11.9. The molecule has 3 rings (SSSR count). The zero-order valence-corrected chi connectivity index (χ0v) is 22.1. The molecule has 3 aromatic heterocycles. The van der Waals surface area contributed by atoms with Gasteiger partial charge in [0.25, 0.3) is 5.91 Å². The van der Waals surface area contributed by atoms with Crippen LogP contribution in [0.2, 0.25) is 0 Å². The van der Waals surface area contributed by atoms with Crippen molar-refractivity contribution in [2.45, 2.75) is 40.5 Å². The van der Waals surface area contributed by atoms with Crippen molar-refractivity contribution in [1.29, 1.82) is 0 Å². The number of amides is 1. The highest BCUT2D eigenvalue weighted by Gasteiger charge is 2.20. The Morgan fingerprint density at radius 1 is 1.21 bits per heavy atom. The predicted molar refractivity (Wildman–Crippen MR) is 142 cm³/mol. The number of fused-ring (bicyclic) bond motifs is 1. The van der Waals surface area contributed by atoms with Gasteiger partial charge in [-0.1, -0.05) is 39.0 Å². The second kappa shape index (κ2) is 16.3. The third kappa shape index (κ3) is 9.27. The minimum absolute atomic E-state index is 0.116. The molecule has 3 aromatic rings. The minimum Gasteiger partial charge on any atom is -0.355 e. The Balaban J connectivity index is 0.000000934. The van der Waals surface area contributed by atoms with Crippen LogP contribution in [0.25, 0.3) is 16.9 Å². The molecule has 1 unspecified atom stereocenters. The Morgan fingerprint density at radius 2 is 1.79 bits per heavy atom. The number of hydrogen-bond acceptors (Lipinski definition) is 4. The highest BCUT2D eigenvalue weighted by molar-refractivity contribution is 5.94. The van der Waals surface area contributed by atoms with E-state index in [1.807, 2.05) is 83.2 Å². The van der Waals surface area contributed by atoms with E-state index >= 15 is 0 Å². The monoisotopic (exact) mass is 469 g/mol. The fourth-order valence-corrected chi connectivity index (χ4v) is 2.78. The van der Waals surface area contributed by atoms with Crippen molar-refractivity contribution < 1.29 is 9.18 Å². The molecule has 0 spiro atoms. The summed E-state index contributed by atoms with van der Waals surface area (Å²) in [5, 5.41) is 7.33. The van der Waals surface area contributed by atoms with Crippen molar-refractivity contribution in [3.63, 3.8) is 0 Å². The number of pyridine rings is 2. The van der Waals surface area contributed by atoms with Gasteiger partial charge in [-0.25, -0.2) is 8.91 Å². The van der Waals surface area contributed by atoms with Gasteiger partial charge in [0.1, 0.15) is 5.69 Å². The smallest absolute Gasteiger partial charge is 0.252 e. The molecule has 1 amide bonds. The first kappa shape index (κ1) is 30.7. The van der Waals surface area contributed by atoms with Crippen molar-refractivity contribution in [2.24, 2.45) is 0 Å². The largest absolute Gasteiger partial charge is 0.355 e. The number of nitrogens with zero attached hydrogens (tertiary/aromatic N) is 4. The second-order valence-corrected chi connectivity index (χ2v) is 7.58. The quantitative estimate of drug-likeness (QED) is 0.473. The molecular weight excluding hydrogens is 429 g/mol. The van der Waals surface area contributed by atoms with Crippen molar-refractivity contribution >= 4 is 11.4 Å². The number of aromatic nitrogens is 3. The van der Waals surface area contributed by atoms with Crippen LogP contribution in [0.5, 0.6) is 0 Å². The minimum atomic E-state index is -0.138. The third-order valence-electron chi connectivity index (χ3n) is 4.22. The number of allylic oxidation sites excluding steroid dienone is 2. The molecule has 0 aliphatic rings. The first-order chi connectivity index (χ1) is 16.2. The summed E-state index contributed by atoms with van der Waals surface area (Å²) in [5.41, 5.74) is 5.16. The molecule has 1 atom stereocenters. The van der Waals surface area contributed by atoms with Gasteiger partial charge in [0, 0.05) is 30.4 Å². The normalized spacial score (nSPS) is 10.9. The molecule has 0 aliphatic carbocycles. The predicted octanol–water partition coefficient (Wildman–Crippen LogP) is 6.05. The fourth-order valence-electron chi connectivity index (χ4n) is 2.78. The number of aryl methyl sites for hydroxylation is 1. The molecule has 3 heterocycles. The average Bonchev–Trinajstić information content (AvgIpc) is 3.23. The molecule has 0 aliphatic heterocycles. The zero-order valence-electron chi connectivity index (χ0n) is 22.1. The summed E-state index contributed by atoms with van der Waals surface area (Å²) in [6.45, 7) is 13.6. The van der Waals surface area contributed by atoms with Gasteiger partial charge in [0.2, 0.25) is 0 Å². The van der Waals surface area contributed by atoms with Crippen LogP contribution in [-0.2, 0) is 0 Å². The Hall–Kier alpha value is -3.32. The fraction of sp³-hybridized carbons (Fsp3) is 0.370. The average molecular weight is 470 g/mol. The highest BCUT2D eigenvalue weighted by Crippen LogP contribution is 2.32. The molecule has 7 heteroatoms. The van der Waals surface area contributed by atoms with E-state index in [1.165, 1.54) is 6.08 Å². The van der Waals surface area contributed by atoms with Gasteiger partial charge in [0.05, 0.1) is 23.1 Å². The van der Waals surface area contributed by atoms with Gasteiger partial charge in [0.15, 0.2) is 0 Å². The Bertz CT molecular complexity index is 1050. The van der Waals surface area contributed by atoms with Crippen LogP contribution < -0.4 is 5.32 Å². The number of halogens is 1. The van der Waals surface area contributed by atoms with Crippen LogP contribution in [0.1, 0.15) is 55.2 Å². The summed E-state index contributed by atoms with van der Waals surface area (Å²) in [4.78, 5) is 18.5. The molecule has 34 heavy (non-hydrogen) atoms. The van der Waals surface area contributed by atoms with Gasteiger partial charge >= 0.3 is 0 Å². The van der Waals surface area contributed by atoms with E-state index in [9.17, 15) is 9.18 Å². The summed E-state index contributed by atoms with van der Waals surface area (Å²) in [7, 11) is 7.61. The molecule has 0 bridgehead atoms. The van der Waals surface area contributed by atoms with Crippen LogP contribution in [-0.4, -0.2) is 53.6 Å². The van der Waals surface area contributed by atoms with Crippen LogP contribution in [0.3, 0.4) is 0 Å². The lowest BCUT2D eigenvalue weighted by molar-refractivity contribution is 0.0962. The van der Waals surface area contributed by atoms with Crippen molar-refractivity contribution in [3.05, 3.63) is 78.4 Å². The third-order valence-corrected chi connectivity index (χ3v) is 4.22. The molecular formula is C27H40FN5O. The number of hydrogen-bond donors (Lipinski definition) is 1. The van der Waals surface area contributed by atoms with E-state index in [0.29, 0.717) is 11.9 Å². The van der Waals surface area contributed by atoms with E-state index in [2.05, 4.69) is 23.8 Å². The summed E-state index contributed by atoms with van der Waals surface area (Å²) >= 11 is 0. The Labute approximate surface area is 204 Å². The number of carbonyl (C=O) groups is 1. The number of carbonyl (C=O) groups excluding carboxylic acids is 1. The number of rotatable bonds is 4. The maximum Gasteiger partial charge on any atom is 0.252 e. The molecule has 0 fully saturated rings. The Morgan fingerprint density at radius 3 is 2.26 bits per heavy atom. The highest BCUT2D eigenvalue weighted by atomic mass is 19.1. The van der Waals surface area contributed by atoms with E-state index in [0.717, 1.165) is 28.2 Å². The van der Waals surface area contributed by atoms with Gasteiger partial charge in [-0.05, 0) is 59.3 Å². The van der Waals surface area contributed by atoms with Gasteiger partial charge in [-0.15, -0.1) is 6.58 Å². The molecule has 186 valence electrons. The molecule has 0 saturated heterocycles. The Kier molecular flexibility index (Phi) is 14.7. The molecule has 0 aromatic carbocycles. The van der Waals surface area contributed by atoms with Crippen molar-refractivity contribution in [1.82, 2.24) is 24.8 Å². The summed E-state index contributed by atoms with van der Waals surface area (Å²) in [5.74, 6) is -0.0217. The van der Waals surface area contributed by atoms with Gasteiger partial charge < -0.3 is 10.2 Å².